The minimum Gasteiger partial charge on any atom is -0.330 e. The van der Waals surface area contributed by atoms with Gasteiger partial charge >= 0.3 is 0 Å². The van der Waals surface area contributed by atoms with Crippen molar-refractivity contribution in [2.75, 3.05) is 0 Å². The van der Waals surface area contributed by atoms with E-state index in [0.29, 0.717) is 5.11 Å². The Kier molecular flexibility index (Phi) is 2.19. The van der Waals surface area contributed by atoms with Gasteiger partial charge < -0.3 is 5.32 Å². The molecule has 0 unspecified atom stereocenters. The summed E-state index contributed by atoms with van der Waals surface area (Å²) in [4.78, 5) is 0. The first-order valence-electron chi connectivity index (χ1n) is 3.75. The minimum atomic E-state index is -0.00683. The molecule has 0 amide bonds. The lowest BCUT2D eigenvalue weighted by molar-refractivity contribution is 0.580. The van der Waals surface area contributed by atoms with Gasteiger partial charge in [0.15, 0.2) is 5.11 Å². The first-order valence-corrected chi connectivity index (χ1v) is 4.16. The lowest BCUT2D eigenvalue weighted by Crippen LogP contribution is -2.43. The molecule has 0 aromatic rings. The van der Waals surface area contributed by atoms with Crippen molar-refractivity contribution in [3.05, 3.63) is 12.3 Å². The number of hydrogen-bond acceptors (Lipinski definition) is 2. The van der Waals surface area contributed by atoms with E-state index < -0.39 is 0 Å². The zero-order valence-electron chi connectivity index (χ0n) is 7.56. The van der Waals surface area contributed by atoms with Crippen molar-refractivity contribution in [3.8, 4) is 0 Å². The topological polar surface area (TPSA) is 36.4 Å². The number of hydrazone groups is 1. The van der Waals surface area contributed by atoms with E-state index in [9.17, 15) is 0 Å². The molecule has 0 saturated heterocycles. The van der Waals surface area contributed by atoms with Crippen LogP contribution >= 0.6 is 12.2 Å². The summed E-state index contributed by atoms with van der Waals surface area (Å²) in [6, 6.07) is 0. The van der Waals surface area contributed by atoms with Gasteiger partial charge in [-0.15, -0.1) is 0 Å². The Labute approximate surface area is 77.9 Å². The smallest absolute Gasteiger partial charge is 0.191 e. The van der Waals surface area contributed by atoms with Crippen molar-refractivity contribution in [1.82, 2.24) is 10.7 Å². The Morgan fingerprint density at radius 3 is 2.42 bits per heavy atom. The third-order valence-electron chi connectivity index (χ3n) is 1.53. The van der Waals surface area contributed by atoms with Crippen molar-refractivity contribution in [3.63, 3.8) is 0 Å². The van der Waals surface area contributed by atoms with Gasteiger partial charge in [-0.05, 0) is 12.2 Å². The Hall–Kier alpha value is -0.900. The molecule has 0 saturated carbocycles. The molecule has 1 aliphatic heterocycles. The van der Waals surface area contributed by atoms with E-state index >= 15 is 0 Å². The van der Waals surface area contributed by atoms with Crippen LogP contribution in [0.15, 0.2) is 17.4 Å². The lowest BCUT2D eigenvalue weighted by Gasteiger charge is -2.27. The van der Waals surface area contributed by atoms with Crippen LogP contribution in [0.4, 0.5) is 0 Å². The summed E-state index contributed by atoms with van der Waals surface area (Å²) in [7, 11) is 0. The van der Waals surface area contributed by atoms with E-state index in [1.165, 1.54) is 0 Å². The van der Waals surface area contributed by atoms with Crippen LogP contribution < -0.4 is 10.7 Å². The van der Waals surface area contributed by atoms with Crippen molar-refractivity contribution >= 4 is 23.0 Å². The molecule has 2 N–H and O–H groups in total. The fraction of sp³-hybridized carbons (Fsp3) is 0.500. The first kappa shape index (κ1) is 9.19. The molecular weight excluding hydrogens is 170 g/mol. The van der Waals surface area contributed by atoms with Gasteiger partial charge in [-0.1, -0.05) is 27.4 Å². The third kappa shape index (κ3) is 1.82. The van der Waals surface area contributed by atoms with Crippen molar-refractivity contribution in [2.24, 2.45) is 10.5 Å². The Morgan fingerprint density at radius 2 is 2.00 bits per heavy atom. The van der Waals surface area contributed by atoms with Gasteiger partial charge in [0.25, 0.3) is 0 Å². The van der Waals surface area contributed by atoms with E-state index in [1.54, 1.807) is 0 Å². The predicted octanol–water partition coefficient (Wildman–Crippen LogP) is 1.38. The van der Waals surface area contributed by atoms with Crippen LogP contribution in [0.5, 0.6) is 0 Å². The highest BCUT2D eigenvalue weighted by Gasteiger charge is 2.24. The average molecular weight is 183 g/mol. The largest absolute Gasteiger partial charge is 0.330 e. The molecule has 0 aliphatic carbocycles. The summed E-state index contributed by atoms with van der Waals surface area (Å²) in [6.45, 7) is 10.1. The highest BCUT2D eigenvalue weighted by Crippen LogP contribution is 2.20. The van der Waals surface area contributed by atoms with Crippen LogP contribution in [0.3, 0.4) is 0 Å². The molecular formula is C8H13N3S. The molecule has 0 spiro atoms. The van der Waals surface area contributed by atoms with Crippen LogP contribution in [-0.4, -0.2) is 10.8 Å². The minimum absolute atomic E-state index is 0.00683. The molecule has 3 nitrogen and oxygen atoms in total. The van der Waals surface area contributed by atoms with E-state index in [2.05, 4.69) is 43.2 Å². The van der Waals surface area contributed by atoms with Gasteiger partial charge in [0.2, 0.25) is 0 Å². The van der Waals surface area contributed by atoms with Crippen molar-refractivity contribution in [1.29, 1.82) is 0 Å². The number of allylic oxidation sites excluding steroid dienone is 1. The standard InChI is InChI=1S/C8H13N3S/c1-5-6(8(2,3)4)10-11-7(12)9-5/h1H2,2-4H3,(H2,9,11,12). The second kappa shape index (κ2) is 2.86. The number of thiocarbonyl (C=S) groups is 1. The zero-order chi connectivity index (χ0) is 9.35. The first-order chi connectivity index (χ1) is 5.41. The predicted molar refractivity (Wildman–Crippen MR) is 54.9 cm³/mol. The van der Waals surface area contributed by atoms with Crippen LogP contribution in [-0.2, 0) is 0 Å². The summed E-state index contributed by atoms with van der Waals surface area (Å²) >= 11 is 4.87. The van der Waals surface area contributed by atoms with Crippen molar-refractivity contribution in [2.45, 2.75) is 20.8 Å². The Morgan fingerprint density at radius 1 is 1.42 bits per heavy atom. The summed E-state index contributed by atoms with van der Waals surface area (Å²) < 4.78 is 0. The molecule has 12 heavy (non-hydrogen) atoms. The highest BCUT2D eigenvalue weighted by molar-refractivity contribution is 7.80. The molecule has 1 heterocycles. The molecule has 0 fully saturated rings. The number of nitrogens with one attached hydrogen (secondary N) is 2. The molecule has 66 valence electrons. The molecule has 0 atom stereocenters. The third-order valence-corrected chi connectivity index (χ3v) is 1.72. The summed E-state index contributed by atoms with van der Waals surface area (Å²) in [5.74, 6) is 0. The van der Waals surface area contributed by atoms with Crippen LogP contribution in [0.1, 0.15) is 20.8 Å². The monoisotopic (exact) mass is 183 g/mol. The maximum atomic E-state index is 4.87. The Balaban J connectivity index is 2.92. The van der Waals surface area contributed by atoms with Crippen LogP contribution in [0.2, 0.25) is 0 Å². The molecule has 0 bridgehead atoms. The molecule has 4 heteroatoms. The normalized spacial score (nSPS) is 18.1. The summed E-state index contributed by atoms with van der Waals surface area (Å²) in [5.41, 5.74) is 4.41. The molecule has 1 aliphatic rings. The molecule has 0 aromatic carbocycles. The van der Waals surface area contributed by atoms with Gasteiger partial charge in [-0.2, -0.15) is 5.10 Å². The van der Waals surface area contributed by atoms with Gasteiger partial charge in [0.05, 0.1) is 11.4 Å². The number of nitrogens with zero attached hydrogens (tertiary/aromatic N) is 1. The second-order valence-electron chi connectivity index (χ2n) is 3.75. The van der Waals surface area contributed by atoms with Gasteiger partial charge in [-0.25, -0.2) is 0 Å². The fourth-order valence-corrected chi connectivity index (χ4v) is 1.19. The zero-order valence-corrected chi connectivity index (χ0v) is 8.38. The van der Waals surface area contributed by atoms with Crippen molar-refractivity contribution < 1.29 is 0 Å². The second-order valence-corrected chi connectivity index (χ2v) is 4.16. The van der Waals surface area contributed by atoms with Gasteiger partial charge in [-0.3, -0.25) is 5.43 Å². The fourth-order valence-electron chi connectivity index (χ4n) is 1.02. The lowest BCUT2D eigenvalue weighted by atomic mass is 9.88. The van der Waals surface area contributed by atoms with Gasteiger partial charge in [0.1, 0.15) is 0 Å². The summed E-state index contributed by atoms with van der Waals surface area (Å²) in [6.07, 6.45) is 0. The Bertz CT molecular complexity index is 260. The van der Waals surface area contributed by atoms with Gasteiger partial charge in [0, 0.05) is 5.41 Å². The quantitative estimate of drug-likeness (QED) is 0.557. The SMILES string of the molecule is C=C1NC(=S)NN=C1C(C)(C)C. The molecule has 0 aromatic heterocycles. The summed E-state index contributed by atoms with van der Waals surface area (Å²) in [5, 5.41) is 7.56. The van der Waals surface area contributed by atoms with E-state index in [1.807, 2.05) is 0 Å². The van der Waals surface area contributed by atoms with Crippen LogP contribution in [0.25, 0.3) is 0 Å². The highest BCUT2D eigenvalue weighted by atomic mass is 32.1. The number of hydrogen-bond donors (Lipinski definition) is 2. The maximum Gasteiger partial charge on any atom is 0.191 e. The molecule has 1 rings (SSSR count). The van der Waals surface area contributed by atoms with E-state index in [-0.39, 0.29) is 5.41 Å². The molecule has 0 radical (unpaired) electrons. The van der Waals surface area contributed by atoms with E-state index in [4.69, 9.17) is 12.2 Å². The van der Waals surface area contributed by atoms with E-state index in [0.717, 1.165) is 11.4 Å². The number of rotatable bonds is 0. The average Bonchev–Trinajstić information content (AvgIpc) is 1.83. The van der Waals surface area contributed by atoms with Crippen LogP contribution in [0, 0.1) is 5.41 Å². The maximum absolute atomic E-state index is 4.87.